The van der Waals surface area contributed by atoms with Gasteiger partial charge in [0.1, 0.15) is 11.5 Å². The summed E-state index contributed by atoms with van der Waals surface area (Å²) in [5, 5.41) is 11.7. The lowest BCUT2D eigenvalue weighted by atomic mass is 9.95. The van der Waals surface area contributed by atoms with E-state index in [9.17, 15) is 9.59 Å². The molecule has 2 atom stereocenters. The van der Waals surface area contributed by atoms with Gasteiger partial charge in [-0.3, -0.25) is 4.79 Å². The molecular formula is C21H25NO5. The van der Waals surface area contributed by atoms with Crippen molar-refractivity contribution in [2.24, 2.45) is 0 Å². The lowest BCUT2D eigenvalue weighted by Crippen LogP contribution is -2.31. The molecule has 27 heavy (non-hydrogen) atoms. The zero-order valence-corrected chi connectivity index (χ0v) is 15.8. The first-order valence-electron chi connectivity index (χ1n) is 8.83. The first kappa shape index (κ1) is 20.3. The van der Waals surface area contributed by atoms with E-state index in [2.05, 4.69) is 5.32 Å². The predicted molar refractivity (Wildman–Crippen MR) is 102 cm³/mol. The molecular weight excluding hydrogens is 346 g/mol. The fraction of sp³-hybridized carbons (Fsp3) is 0.333. The number of nitrogens with one attached hydrogen (secondary N) is 1. The molecule has 0 heterocycles. The summed E-state index contributed by atoms with van der Waals surface area (Å²) in [7, 11) is 1.61. The second-order valence-electron chi connectivity index (χ2n) is 6.22. The maximum Gasteiger partial charge on any atom is 0.341 e. The van der Waals surface area contributed by atoms with Crippen LogP contribution in [0.4, 0.5) is 0 Å². The maximum atomic E-state index is 12.7. The van der Waals surface area contributed by atoms with Crippen LogP contribution in [-0.4, -0.2) is 30.7 Å². The van der Waals surface area contributed by atoms with Crippen molar-refractivity contribution < 1.29 is 24.2 Å². The Morgan fingerprint density at radius 1 is 1.00 bits per heavy atom. The molecule has 0 radical (unpaired) electrons. The van der Waals surface area contributed by atoms with Crippen LogP contribution in [0.3, 0.4) is 0 Å². The van der Waals surface area contributed by atoms with Gasteiger partial charge in [0.15, 0.2) is 6.61 Å². The van der Waals surface area contributed by atoms with Gasteiger partial charge in [-0.25, -0.2) is 4.79 Å². The number of carboxylic acid groups (broad SMARTS) is 1. The Morgan fingerprint density at radius 2 is 1.56 bits per heavy atom. The number of rotatable bonds is 9. The van der Waals surface area contributed by atoms with Gasteiger partial charge in [-0.1, -0.05) is 31.2 Å². The van der Waals surface area contributed by atoms with Crippen molar-refractivity contribution in [1.82, 2.24) is 5.32 Å². The van der Waals surface area contributed by atoms with E-state index < -0.39 is 5.97 Å². The Hall–Kier alpha value is -3.02. The maximum absolute atomic E-state index is 12.7. The largest absolute Gasteiger partial charge is 0.497 e. The highest BCUT2D eigenvalue weighted by Gasteiger charge is 2.21. The number of aliphatic carboxylic acids is 1. The third kappa shape index (κ3) is 5.74. The zero-order valence-electron chi connectivity index (χ0n) is 15.8. The number of benzene rings is 2. The molecule has 2 N–H and O–H groups in total. The van der Waals surface area contributed by atoms with Gasteiger partial charge >= 0.3 is 5.97 Å². The zero-order chi connectivity index (χ0) is 19.8. The predicted octanol–water partition coefficient (Wildman–Crippen LogP) is 3.53. The van der Waals surface area contributed by atoms with Crippen LogP contribution >= 0.6 is 0 Å². The molecule has 1 amide bonds. The van der Waals surface area contributed by atoms with Gasteiger partial charge in [-0.15, -0.1) is 0 Å². The number of amides is 1. The summed E-state index contributed by atoms with van der Waals surface area (Å²) < 4.78 is 10.3. The van der Waals surface area contributed by atoms with Crippen LogP contribution in [0.25, 0.3) is 0 Å². The van der Waals surface area contributed by atoms with Crippen molar-refractivity contribution in [2.45, 2.75) is 32.2 Å². The van der Waals surface area contributed by atoms with Crippen molar-refractivity contribution in [2.75, 3.05) is 13.7 Å². The topological polar surface area (TPSA) is 84.9 Å². The smallest absolute Gasteiger partial charge is 0.341 e. The average Bonchev–Trinajstić information content (AvgIpc) is 2.67. The third-order valence-corrected chi connectivity index (χ3v) is 4.34. The van der Waals surface area contributed by atoms with Crippen LogP contribution in [0.5, 0.6) is 11.5 Å². The molecule has 6 heteroatoms. The van der Waals surface area contributed by atoms with Crippen LogP contribution in [0.15, 0.2) is 48.5 Å². The summed E-state index contributed by atoms with van der Waals surface area (Å²) in [5.41, 5.74) is 1.86. The van der Waals surface area contributed by atoms with Crippen molar-refractivity contribution in [1.29, 1.82) is 0 Å². The van der Waals surface area contributed by atoms with Crippen molar-refractivity contribution in [3.05, 3.63) is 59.7 Å². The van der Waals surface area contributed by atoms with Gasteiger partial charge in [0.25, 0.3) is 0 Å². The SMILES string of the molecule is CCC(C(=O)NC(C)c1ccc(OCC(=O)O)cc1)c1ccc(OC)cc1. The summed E-state index contributed by atoms with van der Waals surface area (Å²) >= 11 is 0. The molecule has 0 fully saturated rings. The quantitative estimate of drug-likeness (QED) is 0.704. The number of carbonyl (C=O) groups excluding carboxylic acids is 1. The number of ether oxygens (including phenoxy) is 2. The molecule has 144 valence electrons. The van der Waals surface area contributed by atoms with Gasteiger partial charge in [-0.05, 0) is 48.7 Å². The Kier molecular flexibility index (Phi) is 7.23. The summed E-state index contributed by atoms with van der Waals surface area (Å²) in [5.74, 6) is -0.0707. The minimum absolute atomic E-state index is 0.0404. The molecule has 2 aromatic carbocycles. The molecule has 0 saturated heterocycles. The van der Waals surface area contributed by atoms with Gasteiger partial charge < -0.3 is 19.9 Å². The molecule has 2 rings (SSSR count). The Morgan fingerprint density at radius 3 is 2.07 bits per heavy atom. The number of carboxylic acids is 1. The Bertz CT molecular complexity index is 755. The van der Waals surface area contributed by atoms with E-state index in [1.165, 1.54) is 0 Å². The van der Waals surface area contributed by atoms with E-state index in [4.69, 9.17) is 14.6 Å². The number of hydrogen-bond acceptors (Lipinski definition) is 4. The van der Waals surface area contributed by atoms with Crippen LogP contribution in [-0.2, 0) is 9.59 Å². The summed E-state index contributed by atoms with van der Waals surface area (Å²) in [6.07, 6.45) is 0.687. The molecule has 2 aromatic rings. The minimum atomic E-state index is -1.02. The highest BCUT2D eigenvalue weighted by atomic mass is 16.5. The molecule has 0 aliphatic carbocycles. The van der Waals surface area contributed by atoms with E-state index in [0.717, 1.165) is 16.9 Å². The summed E-state index contributed by atoms with van der Waals surface area (Å²) in [6, 6.07) is 14.4. The normalized spacial score (nSPS) is 12.7. The van der Waals surface area contributed by atoms with Crippen LogP contribution < -0.4 is 14.8 Å². The standard InChI is InChI=1S/C21H25NO5/c1-4-19(16-7-9-17(26-3)10-8-16)21(25)22-14(2)15-5-11-18(12-6-15)27-13-20(23)24/h5-12,14,19H,4,13H2,1-3H3,(H,22,25)(H,23,24). The minimum Gasteiger partial charge on any atom is -0.497 e. The molecule has 0 aliphatic rings. The molecule has 0 aromatic heterocycles. The highest BCUT2D eigenvalue weighted by Crippen LogP contribution is 2.24. The fourth-order valence-corrected chi connectivity index (χ4v) is 2.80. The van der Waals surface area contributed by atoms with Crippen LogP contribution in [0.1, 0.15) is 43.4 Å². The van der Waals surface area contributed by atoms with Crippen molar-refractivity contribution in [3.8, 4) is 11.5 Å². The number of carbonyl (C=O) groups is 2. The van der Waals surface area contributed by atoms with Gasteiger partial charge in [-0.2, -0.15) is 0 Å². The Labute approximate surface area is 159 Å². The molecule has 2 unspecified atom stereocenters. The summed E-state index contributed by atoms with van der Waals surface area (Å²) in [4.78, 5) is 23.3. The van der Waals surface area contributed by atoms with Crippen molar-refractivity contribution >= 4 is 11.9 Å². The van der Waals surface area contributed by atoms with E-state index in [0.29, 0.717) is 12.2 Å². The highest BCUT2D eigenvalue weighted by molar-refractivity contribution is 5.84. The molecule has 0 spiro atoms. The number of methoxy groups -OCH3 is 1. The van der Waals surface area contributed by atoms with E-state index in [1.807, 2.05) is 50.2 Å². The fourth-order valence-electron chi connectivity index (χ4n) is 2.80. The first-order valence-corrected chi connectivity index (χ1v) is 8.83. The average molecular weight is 371 g/mol. The molecule has 0 bridgehead atoms. The molecule has 0 aliphatic heterocycles. The van der Waals surface area contributed by atoms with E-state index in [-0.39, 0.29) is 24.5 Å². The monoisotopic (exact) mass is 371 g/mol. The van der Waals surface area contributed by atoms with Crippen LogP contribution in [0.2, 0.25) is 0 Å². The van der Waals surface area contributed by atoms with Gasteiger partial charge in [0.2, 0.25) is 5.91 Å². The lowest BCUT2D eigenvalue weighted by Gasteiger charge is -2.20. The number of hydrogen-bond donors (Lipinski definition) is 2. The first-order chi connectivity index (χ1) is 12.9. The van der Waals surface area contributed by atoms with Gasteiger partial charge in [0.05, 0.1) is 19.1 Å². The second-order valence-corrected chi connectivity index (χ2v) is 6.22. The third-order valence-electron chi connectivity index (χ3n) is 4.34. The van der Waals surface area contributed by atoms with E-state index >= 15 is 0 Å². The van der Waals surface area contributed by atoms with Crippen molar-refractivity contribution in [3.63, 3.8) is 0 Å². The van der Waals surface area contributed by atoms with Crippen LogP contribution in [0, 0.1) is 0 Å². The van der Waals surface area contributed by atoms with Gasteiger partial charge in [0, 0.05) is 0 Å². The second kappa shape index (κ2) is 9.62. The lowest BCUT2D eigenvalue weighted by molar-refractivity contribution is -0.139. The molecule has 0 saturated carbocycles. The molecule has 6 nitrogen and oxygen atoms in total. The summed E-state index contributed by atoms with van der Waals surface area (Å²) in [6.45, 7) is 3.51. The van der Waals surface area contributed by atoms with E-state index in [1.54, 1.807) is 19.2 Å². The Balaban J connectivity index is 2.00.